The molecular formula is C25H31N3O2S2. The van der Waals surface area contributed by atoms with Gasteiger partial charge in [-0.25, -0.2) is 4.98 Å². The maximum Gasteiger partial charge on any atom is 0.263 e. The number of thioether (sulfide) groups is 1. The molecule has 3 aromatic rings. The summed E-state index contributed by atoms with van der Waals surface area (Å²) < 4.78 is 1.75. The van der Waals surface area contributed by atoms with Crippen molar-refractivity contribution in [1.29, 1.82) is 0 Å². The van der Waals surface area contributed by atoms with E-state index in [0.717, 1.165) is 53.7 Å². The van der Waals surface area contributed by atoms with Gasteiger partial charge in [0.2, 0.25) is 5.91 Å². The minimum absolute atomic E-state index is 0.00855. The number of benzene rings is 1. The number of nitrogens with zero attached hydrogens (tertiary/aromatic N) is 3. The quantitative estimate of drug-likeness (QED) is 0.375. The number of amides is 1. The number of carbonyl (C=O) groups is 1. The van der Waals surface area contributed by atoms with Crippen molar-refractivity contribution in [2.75, 3.05) is 18.8 Å². The molecule has 0 N–H and O–H groups in total. The normalized spacial score (nSPS) is 14.9. The summed E-state index contributed by atoms with van der Waals surface area (Å²) >= 11 is 2.99. The van der Waals surface area contributed by atoms with Gasteiger partial charge in [0, 0.05) is 18.0 Å². The molecule has 4 rings (SSSR count). The lowest BCUT2D eigenvalue weighted by atomic mass is 9.99. The van der Waals surface area contributed by atoms with Crippen LogP contribution in [0.15, 0.2) is 34.2 Å². The molecule has 0 unspecified atom stereocenters. The number of carbonyl (C=O) groups excluding carboxylic acids is 1. The minimum atomic E-state index is -0.00855. The molecule has 0 spiro atoms. The lowest BCUT2D eigenvalue weighted by Gasteiger charge is -2.30. The van der Waals surface area contributed by atoms with Gasteiger partial charge < -0.3 is 4.90 Å². The third kappa shape index (κ3) is 4.79. The van der Waals surface area contributed by atoms with E-state index in [0.29, 0.717) is 23.4 Å². The largest absolute Gasteiger partial charge is 0.342 e. The second-order valence-electron chi connectivity index (χ2n) is 8.81. The molecule has 3 heterocycles. The molecule has 7 heteroatoms. The number of aryl methyl sites for hydroxylation is 3. The van der Waals surface area contributed by atoms with E-state index in [1.165, 1.54) is 22.2 Å². The first-order valence-electron chi connectivity index (χ1n) is 11.4. The van der Waals surface area contributed by atoms with Crippen LogP contribution in [-0.4, -0.2) is 39.2 Å². The third-order valence-electron chi connectivity index (χ3n) is 6.36. The molecule has 1 amide bonds. The van der Waals surface area contributed by atoms with Crippen LogP contribution in [0.2, 0.25) is 0 Å². The van der Waals surface area contributed by atoms with Crippen molar-refractivity contribution in [3.63, 3.8) is 0 Å². The number of hydrogen-bond donors (Lipinski definition) is 0. The SMILES string of the molecule is CCc1sc2nc(SCC(=O)N3CCC(C)CC3)n(Cc3ccc(C)cc3)c(=O)c2c1C. The predicted octanol–water partition coefficient (Wildman–Crippen LogP) is 5.04. The zero-order valence-electron chi connectivity index (χ0n) is 19.3. The van der Waals surface area contributed by atoms with Crippen LogP contribution >= 0.6 is 23.1 Å². The second-order valence-corrected chi connectivity index (χ2v) is 10.8. The molecular weight excluding hydrogens is 438 g/mol. The van der Waals surface area contributed by atoms with Gasteiger partial charge in [0.05, 0.1) is 17.7 Å². The van der Waals surface area contributed by atoms with Crippen LogP contribution in [0.25, 0.3) is 10.2 Å². The molecule has 1 saturated heterocycles. The fraction of sp³-hybridized carbons (Fsp3) is 0.480. The Morgan fingerprint density at radius 1 is 1.19 bits per heavy atom. The summed E-state index contributed by atoms with van der Waals surface area (Å²) in [6, 6.07) is 8.23. The van der Waals surface area contributed by atoms with E-state index < -0.39 is 0 Å². The molecule has 1 aliphatic rings. The Hall–Kier alpha value is -2.12. The standard InChI is InChI=1S/C25H31N3O2S2/c1-5-20-18(4)22-23(32-20)26-25(31-15-21(29)27-12-10-17(3)11-13-27)28(24(22)30)14-19-8-6-16(2)7-9-19/h6-9,17H,5,10-15H2,1-4H3. The number of rotatable bonds is 6. The second kappa shape index (κ2) is 9.79. The number of hydrogen-bond acceptors (Lipinski definition) is 5. The Balaban J connectivity index is 1.66. The average molecular weight is 470 g/mol. The third-order valence-corrected chi connectivity index (χ3v) is 8.65. The molecule has 0 radical (unpaired) electrons. The Bertz CT molecular complexity index is 1170. The van der Waals surface area contributed by atoms with Crippen molar-refractivity contribution >= 4 is 39.2 Å². The summed E-state index contributed by atoms with van der Waals surface area (Å²) in [6.45, 7) is 10.5. The molecule has 32 heavy (non-hydrogen) atoms. The Morgan fingerprint density at radius 2 is 1.88 bits per heavy atom. The van der Waals surface area contributed by atoms with Gasteiger partial charge in [-0.05, 0) is 50.2 Å². The van der Waals surface area contributed by atoms with Crippen molar-refractivity contribution in [1.82, 2.24) is 14.5 Å². The van der Waals surface area contributed by atoms with E-state index in [-0.39, 0.29) is 11.5 Å². The zero-order valence-corrected chi connectivity index (χ0v) is 20.9. The monoisotopic (exact) mass is 469 g/mol. The maximum absolute atomic E-state index is 13.6. The Morgan fingerprint density at radius 3 is 2.53 bits per heavy atom. The molecule has 1 aliphatic heterocycles. The summed E-state index contributed by atoms with van der Waals surface area (Å²) in [7, 11) is 0. The van der Waals surface area contributed by atoms with Crippen molar-refractivity contribution < 1.29 is 4.79 Å². The van der Waals surface area contributed by atoms with Crippen molar-refractivity contribution in [3.8, 4) is 0 Å². The number of aromatic nitrogens is 2. The van der Waals surface area contributed by atoms with E-state index in [2.05, 4.69) is 45.0 Å². The Labute approximate surface area is 197 Å². The molecule has 0 aliphatic carbocycles. The lowest BCUT2D eigenvalue weighted by molar-refractivity contribution is -0.129. The van der Waals surface area contributed by atoms with E-state index in [4.69, 9.17) is 4.98 Å². The predicted molar refractivity (Wildman–Crippen MR) is 134 cm³/mol. The van der Waals surface area contributed by atoms with Crippen molar-refractivity contribution in [2.45, 2.75) is 58.7 Å². The highest BCUT2D eigenvalue weighted by Crippen LogP contribution is 2.30. The fourth-order valence-electron chi connectivity index (χ4n) is 4.18. The van der Waals surface area contributed by atoms with Gasteiger partial charge in [0.1, 0.15) is 4.83 Å². The van der Waals surface area contributed by atoms with Gasteiger partial charge >= 0.3 is 0 Å². The zero-order chi connectivity index (χ0) is 22.8. The number of piperidine rings is 1. The van der Waals surface area contributed by atoms with Gasteiger partial charge in [0.25, 0.3) is 5.56 Å². The number of likely N-dealkylation sites (tertiary alicyclic amines) is 1. The first kappa shape index (κ1) is 23.1. The summed E-state index contributed by atoms with van der Waals surface area (Å²) in [5.74, 6) is 1.13. The molecule has 2 aromatic heterocycles. The van der Waals surface area contributed by atoms with Gasteiger partial charge in [-0.2, -0.15) is 0 Å². The summed E-state index contributed by atoms with van der Waals surface area (Å²) in [4.78, 5) is 35.2. The molecule has 170 valence electrons. The first-order valence-corrected chi connectivity index (χ1v) is 13.2. The maximum atomic E-state index is 13.6. The fourth-order valence-corrected chi connectivity index (χ4v) is 6.24. The van der Waals surface area contributed by atoms with Crippen LogP contribution in [0, 0.1) is 19.8 Å². The van der Waals surface area contributed by atoms with Gasteiger partial charge in [0.15, 0.2) is 5.16 Å². The van der Waals surface area contributed by atoms with Crippen LogP contribution in [0.4, 0.5) is 0 Å². The average Bonchev–Trinajstić information content (AvgIpc) is 3.11. The van der Waals surface area contributed by atoms with E-state index >= 15 is 0 Å². The molecule has 1 fully saturated rings. The smallest absolute Gasteiger partial charge is 0.263 e. The van der Waals surface area contributed by atoms with Crippen molar-refractivity contribution in [2.24, 2.45) is 5.92 Å². The van der Waals surface area contributed by atoms with Gasteiger partial charge in [-0.1, -0.05) is 55.4 Å². The lowest BCUT2D eigenvalue weighted by Crippen LogP contribution is -2.39. The molecule has 5 nitrogen and oxygen atoms in total. The molecule has 0 saturated carbocycles. The highest BCUT2D eigenvalue weighted by atomic mass is 32.2. The number of fused-ring (bicyclic) bond motifs is 1. The van der Waals surface area contributed by atoms with Crippen LogP contribution < -0.4 is 5.56 Å². The summed E-state index contributed by atoms with van der Waals surface area (Å²) in [5, 5.41) is 1.35. The highest BCUT2D eigenvalue weighted by molar-refractivity contribution is 7.99. The minimum Gasteiger partial charge on any atom is -0.342 e. The van der Waals surface area contributed by atoms with Crippen LogP contribution in [0.3, 0.4) is 0 Å². The topological polar surface area (TPSA) is 55.2 Å². The summed E-state index contributed by atoms with van der Waals surface area (Å²) in [5.41, 5.74) is 3.27. The van der Waals surface area contributed by atoms with E-state index in [1.54, 1.807) is 15.9 Å². The van der Waals surface area contributed by atoms with Crippen LogP contribution in [-0.2, 0) is 17.8 Å². The molecule has 1 aromatic carbocycles. The van der Waals surface area contributed by atoms with E-state index in [1.807, 2.05) is 11.8 Å². The first-order chi connectivity index (χ1) is 15.4. The molecule has 0 bridgehead atoms. The molecule has 0 atom stereocenters. The van der Waals surface area contributed by atoms with Crippen LogP contribution in [0.1, 0.15) is 48.3 Å². The number of thiophene rings is 1. The van der Waals surface area contributed by atoms with Gasteiger partial charge in [-0.15, -0.1) is 11.3 Å². The van der Waals surface area contributed by atoms with Crippen molar-refractivity contribution in [3.05, 3.63) is 56.2 Å². The van der Waals surface area contributed by atoms with Crippen LogP contribution in [0.5, 0.6) is 0 Å². The van der Waals surface area contributed by atoms with Gasteiger partial charge in [-0.3, -0.25) is 14.2 Å². The Kier molecular flexibility index (Phi) is 7.05. The van der Waals surface area contributed by atoms with E-state index in [9.17, 15) is 9.59 Å². The highest BCUT2D eigenvalue weighted by Gasteiger charge is 2.22. The summed E-state index contributed by atoms with van der Waals surface area (Å²) in [6.07, 6.45) is 3.01.